The Labute approximate surface area is 77.4 Å². The van der Waals surface area contributed by atoms with Crippen LogP contribution in [0, 0.1) is 5.92 Å². The number of carbonyl (C=O) groups is 1. The first-order chi connectivity index (χ1) is 5.75. The zero-order valence-electron chi connectivity index (χ0n) is 7.54. The van der Waals surface area contributed by atoms with Gasteiger partial charge in [-0.05, 0) is 17.9 Å². The number of ketones is 1. The highest BCUT2D eigenvalue weighted by Crippen LogP contribution is 2.17. The number of rotatable bonds is 4. The van der Waals surface area contributed by atoms with Crippen LogP contribution in [0.2, 0.25) is 0 Å². The molecule has 2 heteroatoms. The van der Waals surface area contributed by atoms with Crippen molar-refractivity contribution in [3.8, 4) is 0 Å². The maximum Gasteiger partial charge on any atom is 0.175 e. The molecule has 0 saturated carbocycles. The van der Waals surface area contributed by atoms with Crippen molar-refractivity contribution >= 4 is 17.1 Å². The van der Waals surface area contributed by atoms with E-state index in [1.54, 1.807) is 0 Å². The lowest BCUT2D eigenvalue weighted by Gasteiger charge is -2.05. The smallest absolute Gasteiger partial charge is 0.175 e. The second-order valence-electron chi connectivity index (χ2n) is 3.03. The summed E-state index contributed by atoms with van der Waals surface area (Å²) < 4.78 is 0. The first-order valence-electron chi connectivity index (χ1n) is 4.33. The summed E-state index contributed by atoms with van der Waals surface area (Å²) in [5, 5.41) is 1.95. The molecular weight excluding hydrogens is 168 g/mol. The fourth-order valence-electron chi connectivity index (χ4n) is 1.23. The molecule has 1 aromatic heterocycles. The van der Waals surface area contributed by atoms with E-state index in [4.69, 9.17) is 0 Å². The number of thiophene rings is 1. The van der Waals surface area contributed by atoms with E-state index in [0.717, 1.165) is 17.7 Å². The molecule has 0 aliphatic carbocycles. The van der Waals surface area contributed by atoms with Gasteiger partial charge in [-0.1, -0.05) is 26.3 Å². The molecule has 0 aromatic carbocycles. The van der Waals surface area contributed by atoms with Gasteiger partial charge in [0.05, 0.1) is 4.88 Å². The van der Waals surface area contributed by atoms with Crippen LogP contribution >= 0.6 is 11.3 Å². The summed E-state index contributed by atoms with van der Waals surface area (Å²) in [4.78, 5) is 12.5. The van der Waals surface area contributed by atoms with Crippen molar-refractivity contribution in [2.75, 3.05) is 0 Å². The lowest BCUT2D eigenvalue weighted by molar-refractivity contribution is 0.0928. The second-order valence-corrected chi connectivity index (χ2v) is 3.98. The summed E-state index contributed by atoms with van der Waals surface area (Å²) in [6.45, 7) is 4.11. The Balaban J connectivity index is 2.59. The van der Waals surface area contributed by atoms with Crippen LogP contribution in [0.15, 0.2) is 17.5 Å². The first-order valence-corrected chi connectivity index (χ1v) is 5.21. The van der Waals surface area contributed by atoms with Crippen molar-refractivity contribution in [2.24, 2.45) is 5.92 Å². The summed E-state index contributed by atoms with van der Waals surface area (Å²) in [5.41, 5.74) is 0. The average molecular weight is 182 g/mol. The third-order valence-electron chi connectivity index (χ3n) is 1.93. The van der Waals surface area contributed by atoms with Crippen LogP contribution in [0.25, 0.3) is 0 Å². The van der Waals surface area contributed by atoms with Crippen molar-refractivity contribution in [1.29, 1.82) is 0 Å². The highest BCUT2D eigenvalue weighted by Gasteiger charge is 2.14. The molecule has 1 aromatic rings. The Morgan fingerprint density at radius 2 is 2.42 bits per heavy atom. The molecule has 0 spiro atoms. The lowest BCUT2D eigenvalue weighted by Crippen LogP contribution is -2.08. The predicted molar refractivity (Wildman–Crippen MR) is 52.7 cm³/mol. The van der Waals surface area contributed by atoms with Gasteiger partial charge >= 0.3 is 0 Å². The van der Waals surface area contributed by atoms with Crippen molar-refractivity contribution in [1.82, 2.24) is 0 Å². The van der Waals surface area contributed by atoms with E-state index in [-0.39, 0.29) is 5.92 Å². The fraction of sp³-hybridized carbons (Fsp3) is 0.500. The summed E-state index contributed by atoms with van der Waals surface area (Å²) in [6.07, 6.45) is 2.08. The van der Waals surface area contributed by atoms with Crippen molar-refractivity contribution < 1.29 is 4.79 Å². The summed E-state index contributed by atoms with van der Waals surface area (Å²) in [6, 6.07) is 3.83. The lowest BCUT2D eigenvalue weighted by atomic mass is 10.0. The zero-order chi connectivity index (χ0) is 8.97. The maximum absolute atomic E-state index is 11.6. The normalized spacial score (nSPS) is 12.8. The van der Waals surface area contributed by atoms with Gasteiger partial charge in [0.1, 0.15) is 0 Å². The van der Waals surface area contributed by atoms with Crippen LogP contribution in [-0.2, 0) is 0 Å². The minimum absolute atomic E-state index is 0.189. The largest absolute Gasteiger partial charge is 0.293 e. The zero-order valence-corrected chi connectivity index (χ0v) is 8.36. The third kappa shape index (κ3) is 2.18. The highest BCUT2D eigenvalue weighted by molar-refractivity contribution is 7.12. The summed E-state index contributed by atoms with van der Waals surface area (Å²) in [5.74, 6) is 0.487. The molecule has 1 unspecified atom stereocenters. The molecule has 0 amide bonds. The molecule has 1 nitrogen and oxygen atoms in total. The molecule has 12 heavy (non-hydrogen) atoms. The van der Waals surface area contributed by atoms with Crippen LogP contribution in [0.1, 0.15) is 36.4 Å². The highest BCUT2D eigenvalue weighted by atomic mass is 32.1. The summed E-state index contributed by atoms with van der Waals surface area (Å²) >= 11 is 1.54. The number of hydrogen-bond acceptors (Lipinski definition) is 2. The molecule has 0 aliphatic heterocycles. The Kier molecular flexibility index (Phi) is 3.48. The minimum atomic E-state index is 0.189. The second kappa shape index (κ2) is 4.41. The third-order valence-corrected chi connectivity index (χ3v) is 2.82. The van der Waals surface area contributed by atoms with Crippen molar-refractivity contribution in [3.63, 3.8) is 0 Å². The van der Waals surface area contributed by atoms with E-state index in [1.807, 2.05) is 24.4 Å². The van der Waals surface area contributed by atoms with Gasteiger partial charge in [-0.15, -0.1) is 11.3 Å². The van der Waals surface area contributed by atoms with Crippen molar-refractivity contribution in [2.45, 2.75) is 26.7 Å². The molecule has 1 rings (SSSR count). The van der Waals surface area contributed by atoms with E-state index in [0.29, 0.717) is 5.78 Å². The molecule has 0 saturated heterocycles. The van der Waals surface area contributed by atoms with Crippen LogP contribution in [0.4, 0.5) is 0 Å². The van der Waals surface area contributed by atoms with E-state index < -0.39 is 0 Å². The topological polar surface area (TPSA) is 17.1 Å². The standard InChI is InChI=1S/C10H14OS/c1-3-5-8(2)10(11)9-6-4-7-12-9/h4,6-8H,3,5H2,1-2H3. The molecule has 0 radical (unpaired) electrons. The fourth-order valence-corrected chi connectivity index (χ4v) is 2.00. The van der Waals surface area contributed by atoms with Crippen LogP contribution in [0.3, 0.4) is 0 Å². The maximum atomic E-state index is 11.6. The van der Waals surface area contributed by atoms with Gasteiger partial charge in [-0.25, -0.2) is 0 Å². The minimum Gasteiger partial charge on any atom is -0.293 e. The molecule has 0 N–H and O–H groups in total. The molecule has 1 heterocycles. The van der Waals surface area contributed by atoms with Gasteiger partial charge in [-0.2, -0.15) is 0 Å². The molecule has 0 fully saturated rings. The Hall–Kier alpha value is -0.630. The monoisotopic (exact) mass is 182 g/mol. The van der Waals surface area contributed by atoms with E-state index >= 15 is 0 Å². The Morgan fingerprint density at radius 3 is 2.92 bits per heavy atom. The Bertz CT molecular complexity index is 238. The van der Waals surface area contributed by atoms with Gasteiger partial charge in [0.15, 0.2) is 5.78 Å². The number of hydrogen-bond donors (Lipinski definition) is 0. The van der Waals surface area contributed by atoms with E-state index in [9.17, 15) is 4.79 Å². The van der Waals surface area contributed by atoms with Crippen molar-refractivity contribution in [3.05, 3.63) is 22.4 Å². The van der Waals surface area contributed by atoms with Gasteiger partial charge < -0.3 is 0 Å². The van der Waals surface area contributed by atoms with E-state index in [2.05, 4.69) is 6.92 Å². The quantitative estimate of drug-likeness (QED) is 0.652. The van der Waals surface area contributed by atoms with Crippen LogP contribution in [0.5, 0.6) is 0 Å². The molecular formula is C10H14OS. The molecule has 0 aliphatic rings. The number of Topliss-reactive ketones (excluding diaryl/α,β-unsaturated/α-hetero) is 1. The van der Waals surface area contributed by atoms with Gasteiger partial charge in [0.2, 0.25) is 0 Å². The van der Waals surface area contributed by atoms with Gasteiger partial charge in [-0.3, -0.25) is 4.79 Å². The van der Waals surface area contributed by atoms with Gasteiger partial charge in [0, 0.05) is 5.92 Å². The number of carbonyl (C=O) groups excluding carboxylic acids is 1. The average Bonchev–Trinajstić information content (AvgIpc) is 2.55. The Morgan fingerprint density at radius 1 is 1.67 bits per heavy atom. The van der Waals surface area contributed by atoms with Gasteiger partial charge in [0.25, 0.3) is 0 Å². The van der Waals surface area contributed by atoms with Crippen LogP contribution < -0.4 is 0 Å². The molecule has 1 atom stereocenters. The van der Waals surface area contributed by atoms with E-state index in [1.165, 1.54) is 11.3 Å². The predicted octanol–water partition coefficient (Wildman–Crippen LogP) is 3.37. The first kappa shape index (κ1) is 9.46. The summed E-state index contributed by atoms with van der Waals surface area (Å²) in [7, 11) is 0. The van der Waals surface area contributed by atoms with Crippen LogP contribution in [-0.4, -0.2) is 5.78 Å². The molecule has 0 bridgehead atoms. The SMILES string of the molecule is CCCC(C)C(=O)c1cccs1. The molecule has 66 valence electrons.